The molecular weight excluding hydrogens is 388 g/mol. The molecule has 2 aromatic rings. The molecule has 1 amide bonds. The number of fused-ring (bicyclic) bond motifs is 1. The molecular formula is C22H28N2O4S. The lowest BCUT2D eigenvalue weighted by Crippen LogP contribution is -2.41. The van der Waals surface area contributed by atoms with Gasteiger partial charge >= 0.3 is 0 Å². The van der Waals surface area contributed by atoms with Gasteiger partial charge in [-0.05, 0) is 57.0 Å². The Morgan fingerprint density at radius 2 is 1.86 bits per heavy atom. The molecule has 0 fully saturated rings. The summed E-state index contributed by atoms with van der Waals surface area (Å²) in [6.45, 7) is 7.83. The van der Waals surface area contributed by atoms with E-state index < -0.39 is 15.6 Å². The number of anilines is 1. The van der Waals surface area contributed by atoms with E-state index in [0.29, 0.717) is 17.7 Å². The zero-order valence-electron chi connectivity index (χ0n) is 17.7. The summed E-state index contributed by atoms with van der Waals surface area (Å²) in [6.07, 6.45) is 1.78. The molecule has 156 valence electrons. The lowest BCUT2D eigenvalue weighted by Gasteiger charge is -2.38. The molecule has 0 bridgehead atoms. The van der Waals surface area contributed by atoms with Crippen LogP contribution < -0.4 is 14.4 Å². The fourth-order valence-electron chi connectivity index (χ4n) is 3.60. The van der Waals surface area contributed by atoms with Gasteiger partial charge in [-0.3, -0.25) is 9.10 Å². The van der Waals surface area contributed by atoms with E-state index in [0.717, 1.165) is 28.7 Å². The zero-order valence-corrected chi connectivity index (χ0v) is 18.6. The van der Waals surface area contributed by atoms with Gasteiger partial charge < -0.3 is 10.1 Å². The van der Waals surface area contributed by atoms with Crippen LogP contribution in [0.15, 0.2) is 36.4 Å². The Labute approximate surface area is 172 Å². The number of nitrogens with one attached hydrogen (secondary N) is 1. The number of amides is 1. The molecule has 0 saturated heterocycles. The summed E-state index contributed by atoms with van der Waals surface area (Å²) >= 11 is 0. The smallest absolute Gasteiger partial charge is 0.251 e. The summed E-state index contributed by atoms with van der Waals surface area (Å²) in [4.78, 5) is 13.0. The Balaban J connectivity index is 1.91. The van der Waals surface area contributed by atoms with Crippen LogP contribution in [0.25, 0.3) is 0 Å². The highest BCUT2D eigenvalue weighted by Gasteiger charge is 2.34. The second kappa shape index (κ2) is 7.37. The molecule has 0 spiro atoms. The second-order valence-electron chi connectivity index (χ2n) is 8.36. The van der Waals surface area contributed by atoms with Crippen LogP contribution in [-0.4, -0.2) is 33.2 Å². The van der Waals surface area contributed by atoms with Crippen molar-refractivity contribution >= 4 is 21.6 Å². The van der Waals surface area contributed by atoms with Gasteiger partial charge in [0.05, 0.1) is 18.0 Å². The van der Waals surface area contributed by atoms with Crippen LogP contribution in [0.5, 0.6) is 5.75 Å². The highest BCUT2D eigenvalue weighted by Crippen LogP contribution is 2.40. The largest absolute Gasteiger partial charge is 0.487 e. The molecule has 1 heterocycles. The first kappa shape index (κ1) is 21.2. The number of nitrogens with zero attached hydrogens (tertiary/aromatic N) is 1. The van der Waals surface area contributed by atoms with E-state index in [1.807, 2.05) is 45.9 Å². The van der Waals surface area contributed by atoms with E-state index in [1.54, 1.807) is 18.2 Å². The van der Waals surface area contributed by atoms with Crippen molar-refractivity contribution in [3.05, 3.63) is 58.7 Å². The Morgan fingerprint density at radius 1 is 1.17 bits per heavy atom. The SMILES string of the molecule is Cc1ccc2c(c1)OC(C)(C)CC2NC(=O)c1ccc(C)c(N(C)S(C)(=O)=O)c1. The van der Waals surface area contributed by atoms with Crippen molar-refractivity contribution in [3.63, 3.8) is 0 Å². The predicted molar refractivity (Wildman–Crippen MR) is 115 cm³/mol. The maximum Gasteiger partial charge on any atom is 0.251 e. The van der Waals surface area contributed by atoms with E-state index in [1.165, 1.54) is 11.4 Å². The maximum absolute atomic E-state index is 13.0. The average molecular weight is 417 g/mol. The molecule has 2 aromatic carbocycles. The van der Waals surface area contributed by atoms with E-state index in [-0.39, 0.29) is 11.9 Å². The first-order valence-electron chi connectivity index (χ1n) is 9.52. The summed E-state index contributed by atoms with van der Waals surface area (Å²) in [6, 6.07) is 10.9. The third-order valence-corrected chi connectivity index (χ3v) is 6.43. The third kappa shape index (κ3) is 4.56. The summed E-state index contributed by atoms with van der Waals surface area (Å²) < 4.78 is 31.1. The molecule has 0 radical (unpaired) electrons. The highest BCUT2D eigenvalue weighted by molar-refractivity contribution is 7.92. The lowest BCUT2D eigenvalue weighted by molar-refractivity contribution is 0.0619. The molecule has 1 unspecified atom stereocenters. The van der Waals surface area contributed by atoms with Crippen molar-refractivity contribution in [1.82, 2.24) is 5.32 Å². The number of aryl methyl sites for hydroxylation is 2. The van der Waals surface area contributed by atoms with E-state index in [4.69, 9.17) is 4.74 Å². The number of benzene rings is 2. The Hall–Kier alpha value is -2.54. The van der Waals surface area contributed by atoms with E-state index in [9.17, 15) is 13.2 Å². The van der Waals surface area contributed by atoms with Gasteiger partial charge in [0.2, 0.25) is 10.0 Å². The molecule has 0 aliphatic carbocycles. The summed E-state index contributed by atoms with van der Waals surface area (Å²) in [7, 11) is -1.94. The summed E-state index contributed by atoms with van der Waals surface area (Å²) in [5.41, 5.74) is 3.32. The van der Waals surface area contributed by atoms with E-state index in [2.05, 4.69) is 5.32 Å². The monoisotopic (exact) mass is 416 g/mol. The Bertz CT molecular complexity index is 1060. The van der Waals surface area contributed by atoms with Crippen LogP contribution >= 0.6 is 0 Å². The second-order valence-corrected chi connectivity index (χ2v) is 10.4. The molecule has 0 aromatic heterocycles. The topological polar surface area (TPSA) is 75.7 Å². The average Bonchev–Trinajstić information content (AvgIpc) is 2.59. The summed E-state index contributed by atoms with van der Waals surface area (Å²) in [5.74, 6) is 0.537. The standard InChI is InChI=1S/C22H28N2O4S/c1-14-7-10-17-18(13-22(3,4)28-20(17)11-14)23-21(25)16-9-8-15(2)19(12-16)24(5)29(6,26)27/h7-12,18H,13H2,1-6H3,(H,23,25). The van der Waals surface area contributed by atoms with Crippen LogP contribution in [-0.2, 0) is 10.0 Å². The minimum Gasteiger partial charge on any atom is -0.487 e. The Morgan fingerprint density at radius 3 is 2.52 bits per heavy atom. The fraction of sp³-hybridized carbons (Fsp3) is 0.409. The first-order valence-corrected chi connectivity index (χ1v) is 11.4. The van der Waals surface area contributed by atoms with Crippen molar-refractivity contribution in [2.24, 2.45) is 0 Å². The van der Waals surface area contributed by atoms with Crippen LogP contribution in [0, 0.1) is 13.8 Å². The number of sulfonamides is 1. The van der Waals surface area contributed by atoms with Gasteiger partial charge in [-0.15, -0.1) is 0 Å². The molecule has 1 aliphatic rings. The molecule has 1 aliphatic heterocycles. The number of rotatable bonds is 4. The number of carbonyl (C=O) groups is 1. The van der Waals surface area contributed by atoms with Crippen LogP contribution in [0.4, 0.5) is 5.69 Å². The molecule has 1 N–H and O–H groups in total. The molecule has 7 heteroatoms. The van der Waals surface area contributed by atoms with Gasteiger partial charge in [0.1, 0.15) is 11.4 Å². The third-order valence-electron chi connectivity index (χ3n) is 5.24. The molecule has 29 heavy (non-hydrogen) atoms. The minimum absolute atomic E-state index is 0.195. The van der Waals surface area contributed by atoms with Gasteiger partial charge in [0.15, 0.2) is 0 Å². The molecule has 1 atom stereocenters. The highest BCUT2D eigenvalue weighted by atomic mass is 32.2. The minimum atomic E-state index is -3.42. The summed E-state index contributed by atoms with van der Waals surface area (Å²) in [5, 5.41) is 3.10. The van der Waals surface area contributed by atoms with Crippen LogP contribution in [0.2, 0.25) is 0 Å². The quantitative estimate of drug-likeness (QED) is 0.824. The zero-order chi connectivity index (χ0) is 21.6. The van der Waals surface area contributed by atoms with Crippen molar-refractivity contribution in [2.75, 3.05) is 17.6 Å². The van der Waals surface area contributed by atoms with Gasteiger partial charge in [-0.1, -0.05) is 18.2 Å². The lowest BCUT2D eigenvalue weighted by atomic mass is 9.89. The van der Waals surface area contributed by atoms with Crippen LogP contribution in [0.3, 0.4) is 0 Å². The number of ether oxygens (including phenoxy) is 1. The predicted octanol–water partition coefficient (Wildman–Crippen LogP) is 3.73. The van der Waals surface area contributed by atoms with Gasteiger partial charge in [0.25, 0.3) is 5.91 Å². The number of hydrogen-bond acceptors (Lipinski definition) is 4. The van der Waals surface area contributed by atoms with Crippen molar-refractivity contribution in [2.45, 2.75) is 45.8 Å². The normalized spacial score (nSPS) is 17.8. The van der Waals surface area contributed by atoms with Crippen molar-refractivity contribution in [3.8, 4) is 5.75 Å². The van der Waals surface area contributed by atoms with Gasteiger partial charge in [-0.2, -0.15) is 0 Å². The van der Waals surface area contributed by atoms with Crippen molar-refractivity contribution in [1.29, 1.82) is 0 Å². The number of hydrogen-bond donors (Lipinski definition) is 1. The van der Waals surface area contributed by atoms with E-state index >= 15 is 0 Å². The molecule has 0 saturated carbocycles. The van der Waals surface area contributed by atoms with Crippen molar-refractivity contribution < 1.29 is 17.9 Å². The number of carbonyl (C=O) groups excluding carboxylic acids is 1. The maximum atomic E-state index is 13.0. The van der Waals surface area contributed by atoms with Crippen LogP contribution in [0.1, 0.15) is 53.4 Å². The molecule has 6 nitrogen and oxygen atoms in total. The fourth-order valence-corrected chi connectivity index (χ4v) is 4.15. The van der Waals surface area contributed by atoms with Gasteiger partial charge in [0, 0.05) is 24.6 Å². The molecule has 3 rings (SSSR count). The first-order chi connectivity index (χ1) is 13.4. The van der Waals surface area contributed by atoms with Gasteiger partial charge in [-0.25, -0.2) is 8.42 Å². The Kier molecular flexibility index (Phi) is 5.38.